The quantitative estimate of drug-likeness (QED) is 0.852. The van der Waals surface area contributed by atoms with Crippen LogP contribution in [0.2, 0.25) is 0 Å². The predicted molar refractivity (Wildman–Crippen MR) is 85.0 cm³/mol. The van der Waals surface area contributed by atoms with Crippen LogP contribution in [0.1, 0.15) is 44.2 Å². The Kier molecular flexibility index (Phi) is 3.47. The van der Waals surface area contributed by atoms with Gasteiger partial charge in [0.15, 0.2) is 11.9 Å². The van der Waals surface area contributed by atoms with Gasteiger partial charge in [-0.25, -0.2) is 0 Å². The molecule has 0 atom stereocenters. The highest BCUT2D eigenvalue weighted by atomic mass is 16.1. The normalized spacial score (nSPS) is 35.6. The van der Waals surface area contributed by atoms with Crippen molar-refractivity contribution in [2.45, 2.75) is 52.0 Å². The molecule has 0 aliphatic heterocycles. The van der Waals surface area contributed by atoms with Crippen LogP contribution >= 0.6 is 0 Å². The van der Waals surface area contributed by atoms with Gasteiger partial charge < -0.3 is 5.32 Å². The summed E-state index contributed by atoms with van der Waals surface area (Å²) in [4.78, 5) is 12.3. The Morgan fingerprint density at radius 2 is 1.82 bits per heavy atom. The molecule has 3 nitrogen and oxygen atoms in total. The van der Waals surface area contributed by atoms with Gasteiger partial charge in [-0.1, -0.05) is 6.07 Å². The number of hydrogen-bond acceptors (Lipinski definition) is 1. The summed E-state index contributed by atoms with van der Waals surface area (Å²) in [6, 6.07) is 6.05. The fraction of sp³-hybridized carbons (Fsp3) is 0.684. The molecular formula is C19H27N2O+. The molecule has 4 bridgehead atoms. The minimum Gasteiger partial charge on any atom is -0.350 e. The number of aryl methyl sites for hydroxylation is 1. The van der Waals surface area contributed by atoms with Crippen LogP contribution in [0.25, 0.3) is 0 Å². The van der Waals surface area contributed by atoms with Crippen molar-refractivity contribution in [1.82, 2.24) is 5.32 Å². The maximum atomic E-state index is 12.3. The number of pyridine rings is 1. The van der Waals surface area contributed by atoms with Crippen LogP contribution in [-0.2, 0) is 11.3 Å². The SMILES string of the molecule is Cc1cccc[n+]1CC(=O)NCC12CC3CC(CC(C3)C1)C2. The second-order valence-corrected chi connectivity index (χ2v) is 8.16. The number of amides is 1. The Morgan fingerprint density at radius 1 is 1.18 bits per heavy atom. The summed E-state index contributed by atoms with van der Waals surface area (Å²) in [7, 11) is 0. The Balaban J connectivity index is 1.37. The van der Waals surface area contributed by atoms with Crippen LogP contribution in [0, 0.1) is 30.1 Å². The first kappa shape index (κ1) is 14.2. The van der Waals surface area contributed by atoms with Gasteiger partial charge in [0.25, 0.3) is 5.91 Å². The average Bonchev–Trinajstić information content (AvgIpc) is 2.46. The van der Waals surface area contributed by atoms with E-state index in [-0.39, 0.29) is 5.91 Å². The molecule has 0 radical (unpaired) electrons. The molecule has 0 saturated heterocycles. The minimum atomic E-state index is 0.162. The van der Waals surface area contributed by atoms with E-state index in [2.05, 4.69) is 5.32 Å². The molecule has 1 amide bonds. The first-order valence-corrected chi connectivity index (χ1v) is 8.84. The molecule has 4 aliphatic carbocycles. The number of nitrogens with one attached hydrogen (secondary N) is 1. The van der Waals surface area contributed by atoms with E-state index in [1.54, 1.807) is 0 Å². The van der Waals surface area contributed by atoms with Crippen LogP contribution in [0.15, 0.2) is 24.4 Å². The van der Waals surface area contributed by atoms with Crippen molar-refractivity contribution in [3.05, 3.63) is 30.1 Å². The van der Waals surface area contributed by atoms with E-state index in [4.69, 9.17) is 0 Å². The number of rotatable bonds is 4. The van der Waals surface area contributed by atoms with Crippen LogP contribution in [-0.4, -0.2) is 12.5 Å². The van der Waals surface area contributed by atoms with E-state index < -0.39 is 0 Å². The summed E-state index contributed by atoms with van der Waals surface area (Å²) in [5.74, 6) is 3.02. The molecule has 1 aromatic rings. The van der Waals surface area contributed by atoms with Crippen molar-refractivity contribution in [1.29, 1.82) is 0 Å². The Labute approximate surface area is 133 Å². The number of aromatic nitrogens is 1. The third kappa shape index (κ3) is 2.66. The molecule has 0 spiro atoms. The predicted octanol–water partition coefficient (Wildman–Crippen LogP) is 2.62. The molecule has 0 unspecified atom stereocenters. The van der Waals surface area contributed by atoms with Crippen molar-refractivity contribution in [3.8, 4) is 0 Å². The number of nitrogens with zero attached hydrogens (tertiary/aromatic N) is 1. The summed E-state index contributed by atoms with van der Waals surface area (Å²) >= 11 is 0. The summed E-state index contributed by atoms with van der Waals surface area (Å²) in [5.41, 5.74) is 1.56. The molecule has 4 fully saturated rings. The van der Waals surface area contributed by atoms with Crippen molar-refractivity contribution < 1.29 is 9.36 Å². The fourth-order valence-corrected chi connectivity index (χ4v) is 5.74. The van der Waals surface area contributed by atoms with Crippen molar-refractivity contribution in [2.75, 3.05) is 6.54 Å². The van der Waals surface area contributed by atoms with Crippen LogP contribution in [0.4, 0.5) is 0 Å². The summed E-state index contributed by atoms with van der Waals surface area (Å²) in [6.45, 7) is 3.40. The molecular weight excluding hydrogens is 272 g/mol. The number of carbonyl (C=O) groups excluding carboxylic acids is 1. The van der Waals surface area contributed by atoms with Gasteiger partial charge in [0, 0.05) is 25.6 Å². The zero-order valence-electron chi connectivity index (χ0n) is 13.6. The zero-order valence-corrected chi connectivity index (χ0v) is 13.6. The van der Waals surface area contributed by atoms with E-state index in [0.717, 1.165) is 30.0 Å². The lowest BCUT2D eigenvalue weighted by atomic mass is 9.49. The van der Waals surface area contributed by atoms with E-state index in [9.17, 15) is 4.79 Å². The van der Waals surface area contributed by atoms with Crippen LogP contribution < -0.4 is 9.88 Å². The molecule has 4 aliphatic rings. The lowest BCUT2D eigenvalue weighted by Crippen LogP contribution is -2.53. The van der Waals surface area contributed by atoms with Crippen LogP contribution in [0.5, 0.6) is 0 Å². The van der Waals surface area contributed by atoms with E-state index in [1.165, 1.54) is 38.5 Å². The first-order valence-electron chi connectivity index (χ1n) is 8.84. The Hall–Kier alpha value is -1.38. The summed E-state index contributed by atoms with van der Waals surface area (Å²) in [5, 5.41) is 3.26. The molecule has 1 aromatic heterocycles. The lowest BCUT2D eigenvalue weighted by molar-refractivity contribution is -0.690. The van der Waals surface area contributed by atoms with E-state index >= 15 is 0 Å². The monoisotopic (exact) mass is 299 g/mol. The lowest BCUT2D eigenvalue weighted by Gasteiger charge is -2.56. The topological polar surface area (TPSA) is 33.0 Å². The maximum absolute atomic E-state index is 12.3. The standard InChI is InChI=1S/C19H26N2O/c1-14-4-2-3-5-21(14)12-18(22)20-13-19-9-15-6-16(10-19)8-17(7-15)11-19/h2-5,15-17H,6-13H2,1H3/p+1. The second kappa shape index (κ2) is 5.36. The third-order valence-corrected chi connectivity index (χ3v) is 6.31. The fourth-order valence-electron chi connectivity index (χ4n) is 5.74. The van der Waals surface area contributed by atoms with Gasteiger partial charge in [0.1, 0.15) is 0 Å². The molecule has 1 heterocycles. The third-order valence-electron chi connectivity index (χ3n) is 6.31. The van der Waals surface area contributed by atoms with Gasteiger partial charge in [-0.3, -0.25) is 4.79 Å². The van der Waals surface area contributed by atoms with Gasteiger partial charge in [0.2, 0.25) is 6.54 Å². The molecule has 3 heteroatoms. The van der Waals surface area contributed by atoms with Gasteiger partial charge in [-0.2, -0.15) is 4.57 Å². The van der Waals surface area contributed by atoms with E-state index in [1.807, 2.05) is 35.9 Å². The molecule has 4 saturated carbocycles. The smallest absolute Gasteiger partial charge is 0.286 e. The Morgan fingerprint density at radius 3 is 2.41 bits per heavy atom. The second-order valence-electron chi connectivity index (χ2n) is 8.16. The Bertz CT molecular complexity index is 545. The molecule has 5 rings (SSSR count). The van der Waals surface area contributed by atoms with Crippen molar-refractivity contribution in [2.24, 2.45) is 23.2 Å². The summed E-state index contributed by atoms with van der Waals surface area (Å²) < 4.78 is 2.02. The molecule has 0 aromatic carbocycles. The molecule has 118 valence electrons. The highest BCUT2D eigenvalue weighted by Gasteiger charge is 2.50. The minimum absolute atomic E-state index is 0.162. The van der Waals surface area contributed by atoms with Gasteiger partial charge in [-0.05, 0) is 61.7 Å². The number of carbonyl (C=O) groups is 1. The van der Waals surface area contributed by atoms with E-state index in [0.29, 0.717) is 12.0 Å². The largest absolute Gasteiger partial charge is 0.350 e. The van der Waals surface area contributed by atoms with Gasteiger partial charge in [0.05, 0.1) is 0 Å². The van der Waals surface area contributed by atoms with Crippen molar-refractivity contribution in [3.63, 3.8) is 0 Å². The molecule has 1 N–H and O–H groups in total. The molecule has 22 heavy (non-hydrogen) atoms. The average molecular weight is 299 g/mol. The summed E-state index contributed by atoms with van der Waals surface area (Å²) in [6.07, 6.45) is 10.5. The highest BCUT2D eigenvalue weighted by molar-refractivity contribution is 5.74. The maximum Gasteiger partial charge on any atom is 0.286 e. The van der Waals surface area contributed by atoms with Crippen molar-refractivity contribution >= 4 is 5.91 Å². The van der Waals surface area contributed by atoms with Crippen LogP contribution in [0.3, 0.4) is 0 Å². The highest BCUT2D eigenvalue weighted by Crippen LogP contribution is 2.59. The van der Waals surface area contributed by atoms with Gasteiger partial charge in [-0.15, -0.1) is 0 Å². The first-order chi connectivity index (χ1) is 10.6. The zero-order chi connectivity index (χ0) is 15.2. The van der Waals surface area contributed by atoms with Gasteiger partial charge >= 0.3 is 0 Å². The number of hydrogen-bond donors (Lipinski definition) is 1.